The minimum absolute atomic E-state index is 0.223. The molecule has 0 N–H and O–H groups in total. The van der Waals surface area contributed by atoms with Crippen molar-refractivity contribution < 1.29 is 9.53 Å². The van der Waals surface area contributed by atoms with Gasteiger partial charge in [0.15, 0.2) is 0 Å². The van der Waals surface area contributed by atoms with Crippen molar-refractivity contribution in [3.8, 4) is 5.75 Å². The third-order valence-electron chi connectivity index (χ3n) is 5.33. The number of amides is 1. The Kier molecular flexibility index (Phi) is 4.06. The molecule has 0 saturated heterocycles. The van der Waals surface area contributed by atoms with Crippen LogP contribution in [0.25, 0.3) is 10.8 Å². The molecular weight excluding hydrogens is 346 g/mol. The molecule has 2 atom stereocenters. The van der Waals surface area contributed by atoms with Gasteiger partial charge in [0.25, 0.3) is 0 Å². The molecule has 4 aromatic carbocycles. The van der Waals surface area contributed by atoms with Crippen LogP contribution in [0.3, 0.4) is 0 Å². The predicted molar refractivity (Wildman–Crippen MR) is 110 cm³/mol. The highest BCUT2D eigenvalue weighted by molar-refractivity contribution is 5.89. The van der Waals surface area contributed by atoms with Crippen LogP contribution in [-0.2, 0) is 4.79 Å². The van der Waals surface area contributed by atoms with Gasteiger partial charge in [0, 0.05) is 11.1 Å². The van der Waals surface area contributed by atoms with Gasteiger partial charge in [0.2, 0.25) is 12.6 Å². The maximum atomic E-state index is 12.3. The zero-order chi connectivity index (χ0) is 18.9. The standard InChI is InChI=1S/C25H19NO2/c27-17-26-24(19-10-3-1-4-11-19)23-21-14-8-7-9-18(21)15-16-22(23)28-25(26)20-12-5-2-6-13-20/h1-17,24-25H/t24-,25+/m1/s1. The number of rotatable bonds is 3. The summed E-state index contributed by atoms with van der Waals surface area (Å²) in [5, 5.41) is 2.24. The minimum Gasteiger partial charge on any atom is -0.466 e. The molecule has 28 heavy (non-hydrogen) atoms. The zero-order valence-electron chi connectivity index (χ0n) is 15.2. The van der Waals surface area contributed by atoms with Crippen molar-refractivity contribution in [3.63, 3.8) is 0 Å². The van der Waals surface area contributed by atoms with E-state index in [0.29, 0.717) is 0 Å². The Hall–Kier alpha value is -3.59. The summed E-state index contributed by atoms with van der Waals surface area (Å²) in [5.74, 6) is 0.819. The fourth-order valence-electron chi connectivity index (χ4n) is 4.07. The number of carbonyl (C=O) groups is 1. The summed E-state index contributed by atoms with van der Waals surface area (Å²) in [6.07, 6.45) is 0.428. The molecule has 1 heterocycles. The molecule has 5 rings (SSSR count). The number of benzene rings is 4. The van der Waals surface area contributed by atoms with Gasteiger partial charge < -0.3 is 4.74 Å². The summed E-state index contributed by atoms with van der Waals surface area (Å²) in [5.41, 5.74) is 3.05. The first kappa shape index (κ1) is 16.6. The average molecular weight is 365 g/mol. The van der Waals surface area contributed by atoms with Crippen molar-refractivity contribution in [2.24, 2.45) is 0 Å². The summed E-state index contributed by atoms with van der Waals surface area (Å²) in [6, 6.07) is 32.2. The van der Waals surface area contributed by atoms with Crippen LogP contribution in [0.2, 0.25) is 0 Å². The van der Waals surface area contributed by atoms with E-state index in [1.807, 2.05) is 66.7 Å². The Balaban J connectivity index is 1.78. The van der Waals surface area contributed by atoms with Crippen LogP contribution < -0.4 is 4.74 Å². The topological polar surface area (TPSA) is 29.5 Å². The lowest BCUT2D eigenvalue weighted by molar-refractivity contribution is -0.131. The molecule has 0 saturated carbocycles. The maximum absolute atomic E-state index is 12.3. The summed E-state index contributed by atoms with van der Waals surface area (Å²) in [4.78, 5) is 14.1. The number of fused-ring (bicyclic) bond motifs is 3. The van der Waals surface area contributed by atoms with Crippen molar-refractivity contribution in [2.45, 2.75) is 12.3 Å². The third-order valence-corrected chi connectivity index (χ3v) is 5.33. The van der Waals surface area contributed by atoms with Crippen LogP contribution in [0.15, 0.2) is 97.1 Å². The Morgan fingerprint density at radius 1 is 0.714 bits per heavy atom. The quantitative estimate of drug-likeness (QED) is 0.450. The molecule has 0 bridgehead atoms. The first-order valence-corrected chi connectivity index (χ1v) is 9.38. The molecular formula is C25H19NO2. The van der Waals surface area contributed by atoms with Crippen LogP contribution in [0.4, 0.5) is 0 Å². The van der Waals surface area contributed by atoms with Gasteiger partial charge in [0.05, 0.1) is 6.04 Å². The van der Waals surface area contributed by atoms with E-state index in [1.54, 1.807) is 4.90 Å². The van der Waals surface area contributed by atoms with Crippen LogP contribution in [-0.4, -0.2) is 11.3 Å². The molecule has 0 unspecified atom stereocenters. The summed E-state index contributed by atoms with van der Waals surface area (Å²) >= 11 is 0. The Bertz CT molecular complexity index is 1130. The summed E-state index contributed by atoms with van der Waals surface area (Å²) in [7, 11) is 0. The minimum atomic E-state index is -0.474. The van der Waals surface area contributed by atoms with E-state index in [2.05, 4.69) is 30.3 Å². The summed E-state index contributed by atoms with van der Waals surface area (Å²) < 4.78 is 6.38. The fourth-order valence-corrected chi connectivity index (χ4v) is 4.07. The highest BCUT2D eigenvalue weighted by Gasteiger charge is 2.37. The van der Waals surface area contributed by atoms with Gasteiger partial charge in [-0.25, -0.2) is 0 Å². The van der Waals surface area contributed by atoms with Crippen LogP contribution in [0.5, 0.6) is 5.75 Å². The van der Waals surface area contributed by atoms with E-state index < -0.39 is 6.23 Å². The molecule has 0 fully saturated rings. The highest BCUT2D eigenvalue weighted by atomic mass is 16.5. The van der Waals surface area contributed by atoms with E-state index in [-0.39, 0.29) is 6.04 Å². The van der Waals surface area contributed by atoms with Gasteiger partial charge in [-0.2, -0.15) is 0 Å². The molecule has 0 aliphatic carbocycles. The molecule has 3 nitrogen and oxygen atoms in total. The van der Waals surface area contributed by atoms with Crippen molar-refractivity contribution in [3.05, 3.63) is 114 Å². The fraction of sp³-hybridized carbons (Fsp3) is 0.0800. The average Bonchev–Trinajstić information content (AvgIpc) is 2.78. The second-order valence-corrected chi connectivity index (χ2v) is 6.95. The number of carbonyl (C=O) groups excluding carboxylic acids is 1. The lowest BCUT2D eigenvalue weighted by Gasteiger charge is -2.41. The SMILES string of the molecule is O=CN1[C@H](c2ccccc2)c2c(ccc3ccccc23)O[C@H]1c1ccccc1. The lowest BCUT2D eigenvalue weighted by atomic mass is 9.90. The first-order chi connectivity index (χ1) is 13.9. The molecule has 3 heteroatoms. The molecule has 4 aromatic rings. The van der Waals surface area contributed by atoms with Crippen LogP contribution in [0, 0.1) is 0 Å². The van der Waals surface area contributed by atoms with Gasteiger partial charge in [-0.05, 0) is 22.4 Å². The summed E-state index contributed by atoms with van der Waals surface area (Å²) in [6.45, 7) is 0. The first-order valence-electron chi connectivity index (χ1n) is 9.38. The lowest BCUT2D eigenvalue weighted by Crippen LogP contribution is -2.39. The number of hydrogen-bond donors (Lipinski definition) is 0. The monoisotopic (exact) mass is 365 g/mol. The Morgan fingerprint density at radius 3 is 2.07 bits per heavy atom. The molecule has 1 amide bonds. The largest absolute Gasteiger partial charge is 0.466 e. The number of hydrogen-bond acceptors (Lipinski definition) is 2. The van der Waals surface area contributed by atoms with E-state index >= 15 is 0 Å². The second-order valence-electron chi connectivity index (χ2n) is 6.95. The Labute approximate surface area is 163 Å². The van der Waals surface area contributed by atoms with E-state index in [0.717, 1.165) is 39.6 Å². The van der Waals surface area contributed by atoms with Crippen molar-refractivity contribution >= 4 is 17.2 Å². The predicted octanol–water partition coefficient (Wildman–Crippen LogP) is 5.48. The Morgan fingerprint density at radius 2 is 1.36 bits per heavy atom. The van der Waals surface area contributed by atoms with Crippen molar-refractivity contribution in [2.75, 3.05) is 0 Å². The van der Waals surface area contributed by atoms with Crippen LogP contribution >= 0.6 is 0 Å². The van der Waals surface area contributed by atoms with Crippen LogP contribution in [0.1, 0.15) is 29.0 Å². The zero-order valence-corrected chi connectivity index (χ0v) is 15.2. The van der Waals surface area contributed by atoms with Gasteiger partial charge in [-0.15, -0.1) is 0 Å². The highest BCUT2D eigenvalue weighted by Crippen LogP contribution is 2.47. The molecule has 0 spiro atoms. The van der Waals surface area contributed by atoms with Gasteiger partial charge >= 0.3 is 0 Å². The molecule has 0 radical (unpaired) electrons. The van der Waals surface area contributed by atoms with Crippen molar-refractivity contribution in [1.29, 1.82) is 0 Å². The second kappa shape index (κ2) is 6.86. The van der Waals surface area contributed by atoms with Crippen molar-refractivity contribution in [1.82, 2.24) is 4.90 Å². The molecule has 1 aliphatic heterocycles. The van der Waals surface area contributed by atoms with Gasteiger partial charge in [-0.1, -0.05) is 91.0 Å². The smallest absolute Gasteiger partial charge is 0.213 e. The molecule has 1 aliphatic rings. The van der Waals surface area contributed by atoms with Gasteiger partial charge in [-0.3, -0.25) is 9.69 Å². The number of ether oxygens (including phenoxy) is 1. The molecule has 136 valence electrons. The normalized spacial score (nSPS) is 18.4. The number of nitrogens with zero attached hydrogens (tertiary/aromatic N) is 1. The third kappa shape index (κ3) is 2.64. The van der Waals surface area contributed by atoms with E-state index in [4.69, 9.17) is 4.74 Å². The van der Waals surface area contributed by atoms with E-state index in [1.165, 1.54) is 0 Å². The molecule has 0 aromatic heterocycles. The maximum Gasteiger partial charge on any atom is 0.213 e. The van der Waals surface area contributed by atoms with E-state index in [9.17, 15) is 4.79 Å². The van der Waals surface area contributed by atoms with Gasteiger partial charge in [0.1, 0.15) is 5.75 Å².